The molecule has 0 radical (unpaired) electrons. The molecule has 54 heavy (non-hydrogen) atoms. The van der Waals surface area contributed by atoms with Crippen LogP contribution in [0.15, 0.2) is 188 Å². The van der Waals surface area contributed by atoms with Crippen LogP contribution in [0.5, 0.6) is 0 Å². The molecule has 12 rings (SSSR count). The third-order valence-electron chi connectivity index (χ3n) is 11.5. The predicted octanol–water partition coefficient (Wildman–Crippen LogP) is 13.4. The highest BCUT2D eigenvalue weighted by atomic mass is 15.0. The Labute approximate surface area is 311 Å². The Morgan fingerprint density at radius 1 is 0.315 bits per heavy atom. The fourth-order valence-corrected chi connectivity index (χ4v) is 9.04. The van der Waals surface area contributed by atoms with Gasteiger partial charge in [-0.05, 0) is 100 Å². The zero-order valence-electron chi connectivity index (χ0n) is 29.2. The summed E-state index contributed by atoms with van der Waals surface area (Å²) in [5, 5.41) is 6.24. The predicted molar refractivity (Wildman–Crippen MR) is 226 cm³/mol. The van der Waals surface area contributed by atoms with Gasteiger partial charge in [0.05, 0.1) is 33.3 Å². The molecule has 0 saturated carbocycles. The minimum Gasteiger partial charge on any atom is -0.309 e. The van der Waals surface area contributed by atoms with Gasteiger partial charge in [-0.3, -0.25) is 0 Å². The van der Waals surface area contributed by atoms with Crippen molar-refractivity contribution in [3.63, 3.8) is 0 Å². The first kappa shape index (κ1) is 29.4. The van der Waals surface area contributed by atoms with Gasteiger partial charge in [0.25, 0.3) is 0 Å². The topological polar surface area (TPSA) is 22.8 Å². The average molecular weight is 686 g/mol. The fourth-order valence-electron chi connectivity index (χ4n) is 9.04. The Morgan fingerprint density at radius 3 is 1.63 bits per heavy atom. The van der Waals surface area contributed by atoms with E-state index >= 15 is 0 Å². The summed E-state index contributed by atoms with van der Waals surface area (Å²) in [6.07, 6.45) is 0. The van der Waals surface area contributed by atoms with Crippen LogP contribution in [0.25, 0.3) is 111 Å². The summed E-state index contributed by atoms with van der Waals surface area (Å²) in [7, 11) is 0. The largest absolute Gasteiger partial charge is 0.309 e. The van der Waals surface area contributed by atoms with Crippen molar-refractivity contribution >= 4 is 54.5 Å². The van der Waals surface area contributed by atoms with E-state index < -0.39 is 0 Å². The van der Waals surface area contributed by atoms with Gasteiger partial charge in [-0.15, -0.1) is 0 Å². The smallest absolute Gasteiger partial charge is 0.0722 e. The number of rotatable bonds is 4. The van der Waals surface area contributed by atoms with E-state index in [-0.39, 0.29) is 0 Å². The van der Waals surface area contributed by atoms with Crippen molar-refractivity contribution in [2.24, 2.45) is 0 Å². The molecule has 0 amide bonds. The molecule has 0 saturated heterocycles. The SMILES string of the molecule is c1ccc(-n2c3ccc(-c4ccc(-c5cc6c7c(cccc7n5)-c5ccccc5-6)cc4)cc3c3cc(-n4c5ccccc5c5ccccc54)ccc32)cc1. The monoisotopic (exact) mass is 685 g/mol. The number of nitrogens with zero attached hydrogens (tertiary/aromatic N) is 3. The van der Waals surface area contributed by atoms with Crippen LogP contribution < -0.4 is 0 Å². The van der Waals surface area contributed by atoms with Crippen molar-refractivity contribution in [2.45, 2.75) is 0 Å². The van der Waals surface area contributed by atoms with Crippen LogP contribution in [-0.4, -0.2) is 14.1 Å². The Balaban J connectivity index is 1.01. The maximum atomic E-state index is 5.16. The van der Waals surface area contributed by atoms with Gasteiger partial charge < -0.3 is 9.13 Å². The molecule has 11 aromatic rings. The Morgan fingerprint density at radius 2 is 0.870 bits per heavy atom. The number of hydrogen-bond acceptors (Lipinski definition) is 1. The lowest BCUT2D eigenvalue weighted by molar-refractivity contribution is 1.17. The molecule has 0 spiro atoms. The second-order valence-corrected chi connectivity index (χ2v) is 14.4. The zero-order valence-corrected chi connectivity index (χ0v) is 29.2. The fraction of sp³-hybridized carbons (Fsp3) is 0. The van der Waals surface area contributed by atoms with Gasteiger partial charge in [0.1, 0.15) is 0 Å². The van der Waals surface area contributed by atoms with Gasteiger partial charge in [-0.25, -0.2) is 4.98 Å². The van der Waals surface area contributed by atoms with Crippen molar-refractivity contribution in [1.29, 1.82) is 0 Å². The van der Waals surface area contributed by atoms with Crippen molar-refractivity contribution in [3.05, 3.63) is 188 Å². The van der Waals surface area contributed by atoms with E-state index in [1.807, 2.05) is 0 Å². The quantitative estimate of drug-likeness (QED) is 0.181. The molecule has 1 aliphatic rings. The summed E-state index contributed by atoms with van der Waals surface area (Å²) in [5.41, 5.74) is 17.8. The molecule has 0 N–H and O–H groups in total. The van der Waals surface area contributed by atoms with Gasteiger partial charge in [-0.2, -0.15) is 0 Å². The van der Waals surface area contributed by atoms with E-state index in [1.54, 1.807) is 0 Å². The van der Waals surface area contributed by atoms with Crippen LogP contribution in [0, 0.1) is 0 Å². The summed E-state index contributed by atoms with van der Waals surface area (Å²) in [4.78, 5) is 5.16. The number of pyridine rings is 1. The zero-order chi connectivity index (χ0) is 35.3. The van der Waals surface area contributed by atoms with Crippen molar-refractivity contribution in [3.8, 4) is 56.0 Å². The average Bonchev–Trinajstić information content (AvgIpc) is 3.87. The van der Waals surface area contributed by atoms with Crippen molar-refractivity contribution in [2.75, 3.05) is 0 Å². The number of hydrogen-bond donors (Lipinski definition) is 0. The van der Waals surface area contributed by atoms with Crippen LogP contribution >= 0.6 is 0 Å². The summed E-state index contributed by atoms with van der Waals surface area (Å²) in [6, 6.07) is 68.4. The molecule has 3 heterocycles. The van der Waals surface area contributed by atoms with Crippen LogP contribution in [0.2, 0.25) is 0 Å². The molecule has 3 aromatic heterocycles. The van der Waals surface area contributed by atoms with Crippen LogP contribution in [0.1, 0.15) is 0 Å². The molecule has 0 fully saturated rings. The highest BCUT2D eigenvalue weighted by Gasteiger charge is 2.23. The van der Waals surface area contributed by atoms with Gasteiger partial charge in [0.15, 0.2) is 0 Å². The second-order valence-electron chi connectivity index (χ2n) is 14.4. The number of aromatic nitrogens is 3. The Bertz CT molecular complexity index is 3260. The first-order valence-corrected chi connectivity index (χ1v) is 18.6. The number of fused-ring (bicyclic) bond motifs is 9. The molecule has 250 valence electrons. The molecule has 0 bridgehead atoms. The maximum absolute atomic E-state index is 5.16. The standard InChI is InChI=1S/C51H31N3/c1-2-11-35(12-3-1)53-49-27-25-34(29-42(49)43-30-36(26-28-50(43)53)54-47-19-8-6-15-39(47)40-16-7-9-20-48(40)54)32-21-23-33(24-22-32)46-31-44-38-14-5-4-13-37(38)41-17-10-18-45(52-46)51(41)44/h1-31H. The molecule has 1 aliphatic carbocycles. The van der Waals surface area contributed by atoms with Gasteiger partial charge in [0, 0.05) is 43.9 Å². The highest BCUT2D eigenvalue weighted by molar-refractivity contribution is 6.15. The molecular weight excluding hydrogens is 655 g/mol. The molecule has 3 heteroatoms. The summed E-state index contributed by atoms with van der Waals surface area (Å²) < 4.78 is 4.80. The molecule has 8 aromatic carbocycles. The van der Waals surface area contributed by atoms with Crippen LogP contribution in [0.4, 0.5) is 0 Å². The third-order valence-corrected chi connectivity index (χ3v) is 11.5. The molecule has 0 atom stereocenters. The third kappa shape index (κ3) is 4.15. The Hall–Kier alpha value is -7.23. The number of benzene rings is 8. The van der Waals surface area contributed by atoms with Crippen LogP contribution in [-0.2, 0) is 0 Å². The van der Waals surface area contributed by atoms with Gasteiger partial charge >= 0.3 is 0 Å². The van der Waals surface area contributed by atoms with E-state index in [1.165, 1.54) is 82.4 Å². The van der Waals surface area contributed by atoms with E-state index in [9.17, 15) is 0 Å². The maximum Gasteiger partial charge on any atom is 0.0722 e. The summed E-state index contributed by atoms with van der Waals surface area (Å²) >= 11 is 0. The van der Waals surface area contributed by atoms with E-state index in [2.05, 4.69) is 197 Å². The first-order chi connectivity index (χ1) is 26.8. The Kier molecular flexibility index (Phi) is 6.05. The normalized spacial score (nSPS) is 12.1. The second kappa shape index (κ2) is 11.1. The van der Waals surface area contributed by atoms with Gasteiger partial charge in [-0.1, -0.05) is 121 Å². The van der Waals surface area contributed by atoms with Crippen LogP contribution in [0.3, 0.4) is 0 Å². The lowest BCUT2D eigenvalue weighted by atomic mass is 9.99. The number of para-hydroxylation sites is 3. The molecule has 3 nitrogen and oxygen atoms in total. The molecule has 0 aliphatic heterocycles. The minimum absolute atomic E-state index is 0.997. The lowest BCUT2D eigenvalue weighted by Gasteiger charge is -2.10. The first-order valence-electron chi connectivity index (χ1n) is 18.6. The minimum atomic E-state index is 0.997. The van der Waals surface area contributed by atoms with E-state index in [0.29, 0.717) is 0 Å². The van der Waals surface area contributed by atoms with Crippen molar-refractivity contribution < 1.29 is 0 Å². The summed E-state index contributed by atoms with van der Waals surface area (Å²) in [6.45, 7) is 0. The van der Waals surface area contributed by atoms with E-state index in [4.69, 9.17) is 4.98 Å². The molecule has 0 unspecified atom stereocenters. The lowest BCUT2D eigenvalue weighted by Crippen LogP contribution is -1.95. The molecular formula is C51H31N3. The van der Waals surface area contributed by atoms with Crippen molar-refractivity contribution in [1.82, 2.24) is 14.1 Å². The summed E-state index contributed by atoms with van der Waals surface area (Å²) in [5.74, 6) is 0. The van der Waals surface area contributed by atoms with E-state index in [0.717, 1.165) is 28.1 Å². The van der Waals surface area contributed by atoms with Gasteiger partial charge in [0.2, 0.25) is 0 Å². The highest BCUT2D eigenvalue weighted by Crippen LogP contribution is 2.48.